The van der Waals surface area contributed by atoms with Gasteiger partial charge in [-0.25, -0.2) is 14.8 Å². The van der Waals surface area contributed by atoms with Gasteiger partial charge >= 0.3 is 5.97 Å². The van der Waals surface area contributed by atoms with E-state index in [2.05, 4.69) is 16.9 Å². The smallest absolute Gasteiger partial charge is 0.347 e. The number of ether oxygens (including phenoxy) is 1. The minimum absolute atomic E-state index is 0.0876. The number of carbonyl (C=O) groups excluding carboxylic acids is 1. The minimum Gasteiger partial charge on any atom is -0.504 e. The molecule has 4 heterocycles. The van der Waals surface area contributed by atoms with E-state index in [0.717, 1.165) is 37.1 Å². The van der Waals surface area contributed by atoms with Crippen molar-refractivity contribution < 1.29 is 19.1 Å². The first-order valence-electron chi connectivity index (χ1n) is 9.57. The fourth-order valence-corrected chi connectivity index (χ4v) is 3.53. The highest BCUT2D eigenvalue weighted by Gasteiger charge is 2.31. The molecule has 146 valence electrons. The lowest BCUT2D eigenvalue weighted by atomic mass is 9.99. The highest BCUT2D eigenvalue weighted by atomic mass is 16.5. The van der Waals surface area contributed by atoms with Crippen molar-refractivity contribution in [2.75, 3.05) is 24.6 Å². The number of esters is 1. The van der Waals surface area contributed by atoms with Gasteiger partial charge in [0.1, 0.15) is 0 Å². The van der Waals surface area contributed by atoms with E-state index in [9.17, 15) is 9.90 Å². The Morgan fingerprint density at radius 3 is 2.96 bits per heavy atom. The fourth-order valence-electron chi connectivity index (χ4n) is 3.53. The van der Waals surface area contributed by atoms with E-state index in [1.54, 1.807) is 25.4 Å². The zero-order chi connectivity index (χ0) is 19.7. The number of piperidine rings is 1. The molecule has 1 saturated heterocycles. The number of carbonyl (C=O) groups is 1. The monoisotopic (exact) mass is 381 g/mol. The van der Waals surface area contributed by atoms with Gasteiger partial charge in [-0.3, -0.25) is 0 Å². The molecule has 0 unspecified atom stereocenters. The molecular formula is C21H23N3O4. The molecular weight excluding hydrogens is 358 g/mol. The Balaban J connectivity index is 1.75. The number of aliphatic imine (C=N–C) groups is 1. The van der Waals surface area contributed by atoms with Crippen LogP contribution in [-0.4, -0.2) is 42.0 Å². The number of pyridine rings is 1. The molecule has 28 heavy (non-hydrogen) atoms. The van der Waals surface area contributed by atoms with Gasteiger partial charge in [-0.05, 0) is 43.9 Å². The number of fused-ring (bicyclic) bond motifs is 1. The molecule has 0 spiro atoms. The molecule has 0 atom stereocenters. The highest BCUT2D eigenvalue weighted by Crippen LogP contribution is 2.40. The summed E-state index contributed by atoms with van der Waals surface area (Å²) in [6.45, 7) is 5.71. The van der Waals surface area contributed by atoms with Crippen molar-refractivity contribution in [3.8, 4) is 5.75 Å². The number of hydrogen-bond donors (Lipinski definition) is 1. The Bertz CT molecular complexity index is 953. The van der Waals surface area contributed by atoms with Crippen molar-refractivity contribution >= 4 is 35.5 Å². The standard InChI is InChI=1S/C21H23N3O4/c1-3-27-21(26)17-18(25)16(28-20(17)24-9-6-13(2)7-10-24)11-14-12-23-19-15(14)5-4-8-22-19/h4-5,8,11-13,25H,3,6-7,9-10H2,1-2H3. The van der Waals surface area contributed by atoms with Crippen LogP contribution >= 0.6 is 0 Å². The van der Waals surface area contributed by atoms with Crippen molar-refractivity contribution in [1.29, 1.82) is 0 Å². The Hall–Kier alpha value is -3.09. The zero-order valence-corrected chi connectivity index (χ0v) is 16.0. The third-order valence-electron chi connectivity index (χ3n) is 5.15. The first kappa shape index (κ1) is 18.3. The van der Waals surface area contributed by atoms with E-state index < -0.39 is 5.97 Å². The second kappa shape index (κ2) is 7.50. The Kier molecular flexibility index (Phi) is 4.90. The summed E-state index contributed by atoms with van der Waals surface area (Å²) in [6.07, 6.45) is 7.05. The molecule has 1 fully saturated rings. The van der Waals surface area contributed by atoms with Crippen molar-refractivity contribution in [3.63, 3.8) is 0 Å². The first-order chi connectivity index (χ1) is 13.6. The second-order valence-corrected chi connectivity index (χ2v) is 7.12. The van der Waals surface area contributed by atoms with E-state index in [-0.39, 0.29) is 23.7 Å². The zero-order valence-electron chi connectivity index (χ0n) is 16.0. The van der Waals surface area contributed by atoms with Gasteiger partial charge in [0.05, 0.1) is 6.61 Å². The number of hydrogen-bond acceptors (Lipinski definition) is 7. The third-order valence-corrected chi connectivity index (χ3v) is 5.15. The van der Waals surface area contributed by atoms with Gasteiger partial charge < -0.3 is 19.2 Å². The molecule has 0 amide bonds. The molecule has 7 nitrogen and oxygen atoms in total. The third kappa shape index (κ3) is 3.28. The van der Waals surface area contributed by atoms with E-state index in [1.807, 2.05) is 17.0 Å². The van der Waals surface area contributed by atoms with Crippen LogP contribution in [0.2, 0.25) is 0 Å². The summed E-state index contributed by atoms with van der Waals surface area (Å²) in [7, 11) is 0. The van der Waals surface area contributed by atoms with Crippen LogP contribution in [-0.2, 0) is 4.74 Å². The van der Waals surface area contributed by atoms with Crippen molar-refractivity contribution in [3.05, 3.63) is 35.2 Å². The molecule has 4 rings (SSSR count). The number of anilines is 1. The topological polar surface area (TPSA) is 88.2 Å². The van der Waals surface area contributed by atoms with Crippen molar-refractivity contribution in [2.45, 2.75) is 26.7 Å². The molecule has 0 radical (unpaired) electrons. The van der Waals surface area contributed by atoms with Crippen LogP contribution in [0.15, 0.2) is 27.7 Å². The number of nitrogens with zero attached hydrogens (tertiary/aromatic N) is 3. The fraction of sp³-hybridized carbons (Fsp3) is 0.381. The Morgan fingerprint density at radius 2 is 2.21 bits per heavy atom. The summed E-state index contributed by atoms with van der Waals surface area (Å²) in [5, 5.41) is 10.8. The largest absolute Gasteiger partial charge is 0.504 e. The lowest BCUT2D eigenvalue weighted by molar-refractivity contribution is 0.0523. The molecule has 0 aliphatic carbocycles. The van der Waals surface area contributed by atoms with Gasteiger partial charge in [-0.1, -0.05) is 6.92 Å². The van der Waals surface area contributed by atoms with Gasteiger partial charge in [-0.15, -0.1) is 0 Å². The predicted octanol–water partition coefficient (Wildman–Crippen LogP) is 4.05. The lowest BCUT2D eigenvalue weighted by Crippen LogP contribution is -2.33. The molecule has 2 aliphatic rings. The first-order valence-corrected chi connectivity index (χ1v) is 9.57. The maximum Gasteiger partial charge on any atom is 0.347 e. The van der Waals surface area contributed by atoms with Crippen LogP contribution in [0.1, 0.15) is 48.4 Å². The summed E-state index contributed by atoms with van der Waals surface area (Å²) in [5.41, 5.74) is 1.70. The average Bonchev–Trinajstić information content (AvgIpc) is 3.25. The second-order valence-electron chi connectivity index (χ2n) is 7.12. The number of allylic oxidation sites excluding steroid dienone is 1. The lowest BCUT2D eigenvalue weighted by Gasteiger charge is -2.30. The molecule has 2 aromatic heterocycles. The van der Waals surface area contributed by atoms with Gasteiger partial charge in [0, 0.05) is 36.6 Å². The van der Waals surface area contributed by atoms with Crippen molar-refractivity contribution in [2.24, 2.45) is 10.9 Å². The normalized spacial score (nSPS) is 17.9. The average molecular weight is 381 g/mol. The van der Waals surface area contributed by atoms with Crippen molar-refractivity contribution in [1.82, 2.24) is 4.98 Å². The van der Waals surface area contributed by atoms with Crippen LogP contribution in [0.4, 0.5) is 11.7 Å². The van der Waals surface area contributed by atoms with Crippen LogP contribution in [0.25, 0.3) is 11.6 Å². The molecule has 0 saturated carbocycles. The van der Waals surface area contributed by atoms with Gasteiger partial charge in [0.2, 0.25) is 5.88 Å². The summed E-state index contributed by atoms with van der Waals surface area (Å²) in [5.74, 6) is 1.06. The maximum atomic E-state index is 12.5. The Labute approximate surface area is 163 Å². The quantitative estimate of drug-likeness (QED) is 0.804. The summed E-state index contributed by atoms with van der Waals surface area (Å²) >= 11 is 0. The van der Waals surface area contributed by atoms with Gasteiger partial charge in [-0.2, -0.15) is 0 Å². The van der Waals surface area contributed by atoms with E-state index in [1.165, 1.54) is 0 Å². The van der Waals surface area contributed by atoms with Crippen LogP contribution < -0.4 is 4.90 Å². The van der Waals surface area contributed by atoms with Gasteiger partial charge in [0.25, 0.3) is 0 Å². The van der Waals surface area contributed by atoms with Crippen LogP contribution in [0, 0.1) is 5.92 Å². The van der Waals surface area contributed by atoms with E-state index in [4.69, 9.17) is 9.15 Å². The number of aromatic hydroxyl groups is 1. The van der Waals surface area contributed by atoms with Crippen LogP contribution in [0.3, 0.4) is 0 Å². The molecule has 2 aromatic rings. The number of furan rings is 1. The Morgan fingerprint density at radius 1 is 1.43 bits per heavy atom. The SMILES string of the molecule is CCOC(=O)c1c(N2CCC(C)CC2)oc(C=C2C=Nc3ncccc32)c1O. The molecule has 2 aliphatic heterocycles. The van der Waals surface area contributed by atoms with Gasteiger partial charge in [0.15, 0.2) is 22.9 Å². The predicted molar refractivity (Wildman–Crippen MR) is 107 cm³/mol. The summed E-state index contributed by atoms with van der Waals surface area (Å²) in [4.78, 5) is 23.0. The van der Waals surface area contributed by atoms with Crippen LogP contribution in [0.5, 0.6) is 5.75 Å². The molecule has 7 heteroatoms. The molecule has 1 N–H and O–H groups in total. The molecule has 0 bridgehead atoms. The number of aromatic nitrogens is 1. The number of rotatable bonds is 4. The summed E-state index contributed by atoms with van der Waals surface area (Å²) in [6, 6.07) is 3.73. The van der Waals surface area contributed by atoms with E-state index >= 15 is 0 Å². The maximum absolute atomic E-state index is 12.5. The minimum atomic E-state index is -0.579. The summed E-state index contributed by atoms with van der Waals surface area (Å²) < 4.78 is 11.1. The highest BCUT2D eigenvalue weighted by molar-refractivity contribution is 6.21. The molecule has 0 aromatic carbocycles. The van der Waals surface area contributed by atoms with E-state index in [0.29, 0.717) is 17.6 Å².